The summed E-state index contributed by atoms with van der Waals surface area (Å²) in [5.74, 6) is 4.32. The Balaban J connectivity index is 2.05. The van der Waals surface area contributed by atoms with Crippen LogP contribution in [0.3, 0.4) is 0 Å². The number of thioether (sulfide) groups is 2. The van der Waals surface area contributed by atoms with Gasteiger partial charge in [-0.15, -0.1) is 11.8 Å². The van der Waals surface area contributed by atoms with Crippen molar-refractivity contribution in [3.63, 3.8) is 0 Å². The molecule has 2 rings (SSSR count). The summed E-state index contributed by atoms with van der Waals surface area (Å²) < 4.78 is 6.17. The van der Waals surface area contributed by atoms with Gasteiger partial charge in [0.2, 0.25) is 0 Å². The second kappa shape index (κ2) is 6.87. The van der Waals surface area contributed by atoms with Crippen LogP contribution in [0.25, 0.3) is 0 Å². The SMILES string of the molecule is COc1ccc(Br)c(CC(=O)C2CSCCS2)c1. The first-order valence-electron chi connectivity index (χ1n) is 5.75. The molecule has 1 aromatic rings. The van der Waals surface area contributed by atoms with Gasteiger partial charge in [-0.1, -0.05) is 15.9 Å². The number of halogens is 1. The van der Waals surface area contributed by atoms with Crippen LogP contribution in [0.1, 0.15) is 5.56 Å². The van der Waals surface area contributed by atoms with Crippen molar-refractivity contribution in [2.45, 2.75) is 11.7 Å². The minimum atomic E-state index is 0.154. The zero-order valence-electron chi connectivity index (χ0n) is 10.1. The van der Waals surface area contributed by atoms with E-state index in [4.69, 9.17) is 4.74 Å². The van der Waals surface area contributed by atoms with Gasteiger partial charge in [-0.2, -0.15) is 11.8 Å². The normalized spacial score (nSPS) is 19.6. The monoisotopic (exact) mass is 346 g/mol. The van der Waals surface area contributed by atoms with Crippen LogP contribution >= 0.6 is 39.5 Å². The molecule has 1 unspecified atom stereocenters. The third-order valence-electron chi connectivity index (χ3n) is 2.79. The van der Waals surface area contributed by atoms with Gasteiger partial charge in [0.25, 0.3) is 0 Å². The second-order valence-electron chi connectivity index (χ2n) is 4.03. The molecule has 1 fully saturated rings. The van der Waals surface area contributed by atoms with Crippen LogP contribution in [-0.4, -0.2) is 35.4 Å². The van der Waals surface area contributed by atoms with Crippen LogP contribution in [0.4, 0.5) is 0 Å². The van der Waals surface area contributed by atoms with Crippen molar-refractivity contribution in [2.24, 2.45) is 0 Å². The van der Waals surface area contributed by atoms with E-state index in [2.05, 4.69) is 15.9 Å². The Hall–Kier alpha value is -0.130. The second-order valence-corrected chi connectivity index (χ2v) is 7.35. The highest BCUT2D eigenvalue weighted by Gasteiger charge is 2.22. The lowest BCUT2D eigenvalue weighted by Gasteiger charge is -2.20. The Morgan fingerprint density at radius 1 is 1.50 bits per heavy atom. The summed E-state index contributed by atoms with van der Waals surface area (Å²) in [7, 11) is 1.64. The van der Waals surface area contributed by atoms with Crippen molar-refractivity contribution < 1.29 is 9.53 Å². The molecule has 0 saturated carbocycles. The molecule has 1 aliphatic rings. The molecule has 98 valence electrons. The molecule has 1 saturated heterocycles. The van der Waals surface area contributed by atoms with E-state index in [0.29, 0.717) is 12.2 Å². The lowest BCUT2D eigenvalue weighted by atomic mass is 10.1. The largest absolute Gasteiger partial charge is 0.497 e. The first-order valence-corrected chi connectivity index (χ1v) is 8.75. The van der Waals surface area contributed by atoms with Crippen LogP contribution in [0.2, 0.25) is 0 Å². The Labute approximate surface area is 124 Å². The molecule has 0 spiro atoms. The summed E-state index contributed by atoms with van der Waals surface area (Å²) in [6, 6.07) is 5.76. The molecule has 1 heterocycles. The Bertz CT molecular complexity index is 431. The number of ether oxygens (including phenoxy) is 1. The highest BCUT2D eigenvalue weighted by atomic mass is 79.9. The highest BCUT2D eigenvalue weighted by Crippen LogP contribution is 2.28. The van der Waals surface area contributed by atoms with E-state index in [9.17, 15) is 4.79 Å². The van der Waals surface area contributed by atoms with Crippen molar-refractivity contribution >= 4 is 45.2 Å². The van der Waals surface area contributed by atoms with E-state index in [1.807, 2.05) is 30.0 Å². The van der Waals surface area contributed by atoms with Crippen LogP contribution < -0.4 is 4.74 Å². The molecule has 0 radical (unpaired) electrons. The topological polar surface area (TPSA) is 26.3 Å². The molecule has 0 aliphatic carbocycles. The highest BCUT2D eigenvalue weighted by molar-refractivity contribution is 9.10. The number of carbonyl (C=O) groups is 1. The molecule has 0 bridgehead atoms. The fraction of sp³-hybridized carbons (Fsp3) is 0.462. The standard InChI is InChI=1S/C13H15BrO2S2/c1-16-10-2-3-11(14)9(6-10)7-12(15)13-8-17-4-5-18-13/h2-3,6,13H,4-5,7-8H2,1H3. The third-order valence-corrected chi connectivity index (χ3v) is 6.37. The molecule has 5 heteroatoms. The summed E-state index contributed by atoms with van der Waals surface area (Å²) >= 11 is 7.16. The predicted molar refractivity (Wildman–Crippen MR) is 83.0 cm³/mol. The van der Waals surface area contributed by atoms with Crippen molar-refractivity contribution in [3.05, 3.63) is 28.2 Å². The van der Waals surface area contributed by atoms with Gasteiger partial charge in [0.05, 0.1) is 12.4 Å². The van der Waals surface area contributed by atoms with Crippen LogP contribution in [-0.2, 0) is 11.2 Å². The molecular weight excluding hydrogens is 332 g/mol. The molecule has 1 aromatic carbocycles. The van der Waals surface area contributed by atoms with E-state index in [0.717, 1.165) is 33.0 Å². The van der Waals surface area contributed by atoms with Crippen molar-refractivity contribution in [2.75, 3.05) is 24.4 Å². The van der Waals surface area contributed by atoms with E-state index < -0.39 is 0 Å². The van der Waals surface area contributed by atoms with E-state index >= 15 is 0 Å². The zero-order valence-corrected chi connectivity index (χ0v) is 13.4. The summed E-state index contributed by atoms with van der Waals surface area (Å²) in [6.07, 6.45) is 0.482. The number of ketones is 1. The molecule has 0 amide bonds. The minimum absolute atomic E-state index is 0.154. The van der Waals surface area contributed by atoms with E-state index in [1.165, 1.54) is 0 Å². The Kier molecular flexibility index (Phi) is 5.45. The average Bonchev–Trinajstić information content (AvgIpc) is 2.42. The molecule has 1 aliphatic heterocycles. The molecule has 1 atom stereocenters. The van der Waals surface area contributed by atoms with Crippen LogP contribution in [0.15, 0.2) is 22.7 Å². The van der Waals surface area contributed by atoms with Gasteiger partial charge < -0.3 is 4.74 Å². The molecule has 0 N–H and O–H groups in total. The number of Topliss-reactive ketones (excluding diaryl/α,β-unsaturated/α-hetero) is 1. The number of hydrogen-bond donors (Lipinski definition) is 0. The fourth-order valence-electron chi connectivity index (χ4n) is 1.79. The van der Waals surface area contributed by atoms with Gasteiger partial charge in [0, 0.05) is 28.2 Å². The summed E-state index contributed by atoms with van der Waals surface area (Å²) in [5, 5.41) is 0.154. The average molecular weight is 347 g/mol. The zero-order chi connectivity index (χ0) is 13.0. The number of benzene rings is 1. The van der Waals surface area contributed by atoms with Crippen molar-refractivity contribution in [1.82, 2.24) is 0 Å². The van der Waals surface area contributed by atoms with Gasteiger partial charge >= 0.3 is 0 Å². The lowest BCUT2D eigenvalue weighted by molar-refractivity contribution is -0.117. The lowest BCUT2D eigenvalue weighted by Crippen LogP contribution is -2.25. The number of methoxy groups -OCH3 is 1. The summed E-state index contributed by atoms with van der Waals surface area (Å²) in [5.41, 5.74) is 1.01. The van der Waals surface area contributed by atoms with Crippen molar-refractivity contribution in [3.8, 4) is 5.75 Å². The smallest absolute Gasteiger partial charge is 0.151 e. The molecule has 0 aromatic heterocycles. The van der Waals surface area contributed by atoms with E-state index in [1.54, 1.807) is 18.9 Å². The maximum absolute atomic E-state index is 12.2. The van der Waals surface area contributed by atoms with Gasteiger partial charge in [0.1, 0.15) is 5.75 Å². The number of hydrogen-bond acceptors (Lipinski definition) is 4. The molecular formula is C13H15BrO2S2. The van der Waals surface area contributed by atoms with E-state index in [-0.39, 0.29) is 5.25 Å². The first-order chi connectivity index (χ1) is 8.70. The maximum Gasteiger partial charge on any atom is 0.151 e. The Morgan fingerprint density at radius 3 is 3.00 bits per heavy atom. The summed E-state index contributed by atoms with van der Waals surface area (Å²) in [4.78, 5) is 12.2. The van der Waals surface area contributed by atoms with Crippen molar-refractivity contribution in [1.29, 1.82) is 0 Å². The first kappa shape index (κ1) is 14.3. The number of rotatable bonds is 4. The predicted octanol–water partition coefficient (Wildman–Crippen LogP) is 3.42. The molecule has 2 nitrogen and oxygen atoms in total. The van der Waals surface area contributed by atoms with Gasteiger partial charge in [-0.25, -0.2) is 0 Å². The van der Waals surface area contributed by atoms with Gasteiger partial charge in [0.15, 0.2) is 5.78 Å². The molecule has 18 heavy (non-hydrogen) atoms. The quantitative estimate of drug-likeness (QED) is 0.834. The van der Waals surface area contributed by atoms with Crippen LogP contribution in [0.5, 0.6) is 5.75 Å². The van der Waals surface area contributed by atoms with Gasteiger partial charge in [-0.05, 0) is 23.8 Å². The van der Waals surface area contributed by atoms with Gasteiger partial charge in [-0.3, -0.25) is 4.79 Å². The Morgan fingerprint density at radius 2 is 2.33 bits per heavy atom. The van der Waals surface area contributed by atoms with Crippen LogP contribution in [0, 0.1) is 0 Å². The summed E-state index contributed by atoms with van der Waals surface area (Å²) in [6.45, 7) is 0. The third kappa shape index (κ3) is 3.68. The maximum atomic E-state index is 12.2. The minimum Gasteiger partial charge on any atom is -0.497 e. The number of carbonyl (C=O) groups excluding carboxylic acids is 1. The fourth-order valence-corrected chi connectivity index (χ4v) is 4.83.